The van der Waals surface area contributed by atoms with Crippen LogP contribution in [0.3, 0.4) is 0 Å². The first-order valence-corrected chi connectivity index (χ1v) is 7.14. The predicted molar refractivity (Wildman–Crippen MR) is 69.6 cm³/mol. The van der Waals surface area contributed by atoms with Crippen LogP contribution in [0.2, 0.25) is 0 Å². The summed E-state index contributed by atoms with van der Waals surface area (Å²) in [5, 5.41) is 3.55. The van der Waals surface area contributed by atoms with Gasteiger partial charge in [0.1, 0.15) is 5.75 Å². The van der Waals surface area contributed by atoms with Crippen LogP contribution in [-0.4, -0.2) is 24.7 Å². The number of thioether (sulfide) groups is 1. The summed E-state index contributed by atoms with van der Waals surface area (Å²) < 4.78 is 5.50. The van der Waals surface area contributed by atoms with Crippen molar-refractivity contribution in [1.29, 1.82) is 0 Å². The Kier molecular flexibility index (Phi) is 2.96. The fourth-order valence-electron chi connectivity index (χ4n) is 2.30. The molecule has 2 nitrogen and oxygen atoms in total. The average Bonchev–Trinajstić information content (AvgIpc) is 2.97. The van der Waals surface area contributed by atoms with Gasteiger partial charge in [-0.3, -0.25) is 0 Å². The van der Waals surface area contributed by atoms with Gasteiger partial charge in [-0.1, -0.05) is 0 Å². The molecule has 0 aliphatic carbocycles. The van der Waals surface area contributed by atoms with Gasteiger partial charge in [0.25, 0.3) is 0 Å². The minimum absolute atomic E-state index is 0.845. The van der Waals surface area contributed by atoms with Crippen molar-refractivity contribution in [2.45, 2.75) is 12.8 Å². The van der Waals surface area contributed by atoms with Crippen LogP contribution in [0.25, 0.3) is 0 Å². The Morgan fingerprint density at radius 1 is 1.44 bits per heavy atom. The maximum Gasteiger partial charge on any atom is 0.122 e. The quantitative estimate of drug-likeness (QED) is 0.870. The molecule has 2 aliphatic heterocycles. The maximum atomic E-state index is 5.50. The number of benzene rings is 1. The number of ether oxygens (including phenoxy) is 1. The summed E-state index contributed by atoms with van der Waals surface area (Å²) in [5.74, 6) is 4.59. The summed E-state index contributed by atoms with van der Waals surface area (Å²) in [6.07, 6.45) is 2.43. The summed E-state index contributed by atoms with van der Waals surface area (Å²) >= 11 is 2.08. The van der Waals surface area contributed by atoms with Gasteiger partial charge >= 0.3 is 0 Å². The number of fused-ring (bicyclic) bond motifs is 1. The molecule has 3 rings (SSSR count). The van der Waals surface area contributed by atoms with Crippen LogP contribution in [0.15, 0.2) is 18.2 Å². The molecule has 0 amide bonds. The Balaban J connectivity index is 1.61. The second kappa shape index (κ2) is 4.58. The number of hydrogen-bond acceptors (Lipinski definition) is 3. The van der Waals surface area contributed by atoms with Crippen LogP contribution in [0.5, 0.6) is 5.75 Å². The molecule has 1 atom stereocenters. The third-order valence-electron chi connectivity index (χ3n) is 3.31. The lowest BCUT2D eigenvalue weighted by atomic mass is 10.1. The van der Waals surface area contributed by atoms with E-state index in [0.29, 0.717) is 0 Å². The molecule has 0 saturated carbocycles. The molecular formula is C13H17NOS. The standard InChI is InChI=1S/C13H17NOS/c1-2-13-11(3-5-15-13)7-12(1)14-8-10-4-6-16-9-10/h1-2,7,10,14H,3-6,8-9H2. The summed E-state index contributed by atoms with van der Waals surface area (Å²) in [6.45, 7) is 1.96. The molecule has 86 valence electrons. The second-order valence-electron chi connectivity index (χ2n) is 4.53. The molecule has 2 aliphatic rings. The highest BCUT2D eigenvalue weighted by atomic mass is 32.2. The van der Waals surface area contributed by atoms with Gasteiger partial charge in [0.2, 0.25) is 0 Å². The Bertz CT molecular complexity index is 374. The lowest BCUT2D eigenvalue weighted by molar-refractivity contribution is 0.357. The molecule has 3 heteroatoms. The largest absolute Gasteiger partial charge is 0.493 e. The third kappa shape index (κ3) is 2.14. The summed E-state index contributed by atoms with van der Waals surface area (Å²) in [5.41, 5.74) is 2.60. The fraction of sp³-hybridized carbons (Fsp3) is 0.538. The van der Waals surface area contributed by atoms with Gasteiger partial charge in [0.15, 0.2) is 0 Å². The van der Waals surface area contributed by atoms with Crippen molar-refractivity contribution in [3.63, 3.8) is 0 Å². The van der Waals surface area contributed by atoms with Gasteiger partial charge in [-0.2, -0.15) is 11.8 Å². The van der Waals surface area contributed by atoms with Gasteiger partial charge in [-0.15, -0.1) is 0 Å². The molecule has 0 aromatic heterocycles. The van der Waals surface area contributed by atoms with Crippen molar-refractivity contribution < 1.29 is 4.74 Å². The minimum atomic E-state index is 0.845. The molecule has 1 unspecified atom stereocenters. The predicted octanol–water partition coefficient (Wildman–Crippen LogP) is 2.79. The van der Waals surface area contributed by atoms with E-state index < -0.39 is 0 Å². The molecule has 1 saturated heterocycles. The normalized spacial score (nSPS) is 22.9. The van der Waals surface area contributed by atoms with Gasteiger partial charge < -0.3 is 10.1 Å². The molecular weight excluding hydrogens is 218 g/mol. The second-order valence-corrected chi connectivity index (χ2v) is 5.68. The Morgan fingerprint density at radius 2 is 2.44 bits per heavy atom. The van der Waals surface area contributed by atoms with E-state index in [1.165, 1.54) is 29.2 Å². The highest BCUT2D eigenvalue weighted by Gasteiger charge is 2.16. The first-order chi connectivity index (χ1) is 7.92. The van der Waals surface area contributed by atoms with E-state index in [4.69, 9.17) is 4.74 Å². The molecule has 0 bridgehead atoms. The van der Waals surface area contributed by atoms with E-state index in [-0.39, 0.29) is 0 Å². The van der Waals surface area contributed by atoms with Crippen molar-refractivity contribution in [3.8, 4) is 5.75 Å². The van der Waals surface area contributed by atoms with Crippen LogP contribution in [0, 0.1) is 5.92 Å². The number of anilines is 1. The van der Waals surface area contributed by atoms with E-state index >= 15 is 0 Å². The topological polar surface area (TPSA) is 21.3 Å². The van der Waals surface area contributed by atoms with Gasteiger partial charge in [-0.25, -0.2) is 0 Å². The van der Waals surface area contributed by atoms with Gasteiger partial charge in [-0.05, 0) is 47.6 Å². The molecule has 0 spiro atoms. The number of hydrogen-bond donors (Lipinski definition) is 1. The van der Waals surface area contributed by atoms with Gasteiger partial charge in [0.05, 0.1) is 6.61 Å². The zero-order valence-electron chi connectivity index (χ0n) is 9.37. The molecule has 1 N–H and O–H groups in total. The molecule has 0 radical (unpaired) electrons. The highest BCUT2D eigenvalue weighted by molar-refractivity contribution is 7.99. The number of nitrogens with one attached hydrogen (secondary N) is 1. The minimum Gasteiger partial charge on any atom is -0.493 e. The molecule has 2 heterocycles. The van der Waals surface area contributed by atoms with Crippen molar-refractivity contribution in [2.24, 2.45) is 5.92 Å². The van der Waals surface area contributed by atoms with Crippen molar-refractivity contribution >= 4 is 17.4 Å². The summed E-state index contributed by atoms with van der Waals surface area (Å²) in [7, 11) is 0. The van der Waals surface area contributed by atoms with E-state index in [0.717, 1.165) is 31.2 Å². The highest BCUT2D eigenvalue weighted by Crippen LogP contribution is 2.29. The zero-order valence-corrected chi connectivity index (χ0v) is 10.2. The van der Waals surface area contributed by atoms with E-state index in [9.17, 15) is 0 Å². The van der Waals surface area contributed by atoms with Gasteiger partial charge in [0, 0.05) is 18.7 Å². The van der Waals surface area contributed by atoms with Crippen molar-refractivity contribution in [3.05, 3.63) is 23.8 Å². The van der Waals surface area contributed by atoms with E-state index in [1.54, 1.807) is 0 Å². The van der Waals surface area contributed by atoms with Crippen molar-refractivity contribution in [1.82, 2.24) is 0 Å². The lowest BCUT2D eigenvalue weighted by Crippen LogP contribution is -2.13. The zero-order chi connectivity index (χ0) is 10.8. The fourth-order valence-corrected chi connectivity index (χ4v) is 3.59. The lowest BCUT2D eigenvalue weighted by Gasteiger charge is -2.11. The molecule has 1 aromatic carbocycles. The molecule has 1 aromatic rings. The first kappa shape index (κ1) is 10.3. The SMILES string of the molecule is c1cc2c(cc1NCC1CCSC1)CCO2. The molecule has 16 heavy (non-hydrogen) atoms. The van der Waals surface area contributed by atoms with Crippen LogP contribution in [0.4, 0.5) is 5.69 Å². The Hall–Kier alpha value is -0.830. The average molecular weight is 235 g/mol. The van der Waals surface area contributed by atoms with Crippen LogP contribution in [-0.2, 0) is 6.42 Å². The summed E-state index contributed by atoms with van der Waals surface area (Å²) in [4.78, 5) is 0. The third-order valence-corrected chi connectivity index (χ3v) is 4.54. The Labute approximate surface area is 101 Å². The first-order valence-electron chi connectivity index (χ1n) is 5.99. The van der Waals surface area contributed by atoms with E-state index in [2.05, 4.69) is 35.3 Å². The monoisotopic (exact) mass is 235 g/mol. The van der Waals surface area contributed by atoms with E-state index in [1.807, 2.05) is 0 Å². The van der Waals surface area contributed by atoms with Crippen LogP contribution in [0.1, 0.15) is 12.0 Å². The number of rotatable bonds is 3. The van der Waals surface area contributed by atoms with Crippen molar-refractivity contribution in [2.75, 3.05) is 30.0 Å². The smallest absolute Gasteiger partial charge is 0.122 e. The Morgan fingerprint density at radius 3 is 3.31 bits per heavy atom. The molecule has 1 fully saturated rings. The van der Waals surface area contributed by atoms with Crippen LogP contribution >= 0.6 is 11.8 Å². The van der Waals surface area contributed by atoms with Crippen LogP contribution < -0.4 is 10.1 Å². The maximum absolute atomic E-state index is 5.50. The summed E-state index contributed by atoms with van der Waals surface area (Å²) in [6, 6.07) is 6.46.